The van der Waals surface area contributed by atoms with Crippen molar-refractivity contribution in [2.24, 2.45) is 7.05 Å². The van der Waals surface area contributed by atoms with Crippen molar-refractivity contribution in [3.8, 4) is 11.3 Å². The minimum Gasteiger partial charge on any atom is -0.348 e. The molecule has 0 fully saturated rings. The van der Waals surface area contributed by atoms with Gasteiger partial charge in [-0.15, -0.1) is 0 Å². The van der Waals surface area contributed by atoms with E-state index in [-0.39, 0.29) is 17.3 Å². The number of fused-ring (bicyclic) bond motifs is 1. The third-order valence-corrected chi connectivity index (χ3v) is 5.09. The highest BCUT2D eigenvalue weighted by molar-refractivity contribution is 5.92. The minimum atomic E-state index is -4.66. The maximum Gasteiger partial charge on any atom is 0.435 e. The molecule has 170 valence electrons. The number of hydrogen-bond acceptors (Lipinski definition) is 4. The molecule has 0 aromatic carbocycles. The maximum atomic E-state index is 12.9. The van der Waals surface area contributed by atoms with Gasteiger partial charge in [0, 0.05) is 49.6 Å². The summed E-state index contributed by atoms with van der Waals surface area (Å²) in [4.78, 5) is 15.8. The average Bonchev–Trinajstić information content (AvgIpc) is 3.30. The lowest BCUT2D eigenvalue weighted by atomic mass is 10.0. The van der Waals surface area contributed by atoms with Crippen LogP contribution in [0, 0.1) is 0 Å². The summed E-state index contributed by atoms with van der Waals surface area (Å²) in [6.07, 6.45) is -7.41. The van der Waals surface area contributed by atoms with Gasteiger partial charge in [0.15, 0.2) is 5.69 Å². The van der Waals surface area contributed by atoms with Crippen molar-refractivity contribution in [1.82, 2.24) is 29.9 Å². The molecule has 0 bridgehead atoms. The largest absolute Gasteiger partial charge is 0.435 e. The average molecular weight is 458 g/mol. The Hall–Kier alpha value is -3.38. The highest BCUT2D eigenvalue weighted by Gasteiger charge is 2.36. The SMILES string of the molecule is Cn1nc(C(F)(F)F)cc1C(=O)N[C@@H]1CCn2nc(-c3ccnc(C(F)(F)F)c3)cc2C1. The molecule has 1 N–H and O–H groups in total. The number of pyridine rings is 1. The van der Waals surface area contributed by atoms with Crippen molar-refractivity contribution in [3.63, 3.8) is 0 Å². The fraction of sp³-hybridized carbons (Fsp3) is 0.368. The molecule has 0 saturated heterocycles. The highest BCUT2D eigenvalue weighted by Crippen LogP contribution is 2.31. The first-order valence-electron chi connectivity index (χ1n) is 9.44. The predicted octanol–water partition coefficient (Wildman–Crippen LogP) is 3.46. The van der Waals surface area contributed by atoms with Crippen LogP contribution in [-0.4, -0.2) is 36.5 Å². The van der Waals surface area contributed by atoms with Crippen LogP contribution < -0.4 is 5.32 Å². The quantitative estimate of drug-likeness (QED) is 0.610. The molecule has 1 atom stereocenters. The van der Waals surface area contributed by atoms with Gasteiger partial charge in [0.2, 0.25) is 0 Å². The van der Waals surface area contributed by atoms with E-state index < -0.39 is 29.6 Å². The number of aromatic nitrogens is 5. The number of hydrogen-bond donors (Lipinski definition) is 1. The van der Waals surface area contributed by atoms with Crippen LogP contribution in [0.2, 0.25) is 0 Å². The van der Waals surface area contributed by atoms with Crippen molar-refractivity contribution < 1.29 is 31.1 Å². The Balaban J connectivity index is 1.49. The summed E-state index contributed by atoms with van der Waals surface area (Å²) < 4.78 is 79.7. The number of rotatable bonds is 3. The second-order valence-electron chi connectivity index (χ2n) is 7.37. The summed E-state index contributed by atoms with van der Waals surface area (Å²) in [6.45, 7) is 0.386. The standard InChI is InChI=1S/C19H16F6N6O/c1-30-14(9-16(29-30)19(23,24)25)17(32)27-11-3-5-31-12(7-11)8-13(28-31)10-2-4-26-15(6-10)18(20,21)22/h2,4,6,8-9,11H,3,5,7H2,1H3,(H,27,32)/t11-/m1/s1. The normalized spacial score (nSPS) is 16.7. The Bertz CT molecular complexity index is 1160. The number of amides is 1. The number of carbonyl (C=O) groups is 1. The molecule has 4 rings (SSSR count). The second kappa shape index (κ2) is 7.64. The molecule has 0 aliphatic carbocycles. The molecule has 3 aromatic rings. The van der Waals surface area contributed by atoms with E-state index in [1.807, 2.05) is 0 Å². The van der Waals surface area contributed by atoms with Crippen LogP contribution in [0.4, 0.5) is 26.3 Å². The lowest BCUT2D eigenvalue weighted by molar-refractivity contribution is -0.142. The molecule has 0 saturated carbocycles. The molecule has 4 heterocycles. The Morgan fingerprint density at radius 1 is 1.06 bits per heavy atom. The third kappa shape index (κ3) is 4.32. The van der Waals surface area contributed by atoms with Gasteiger partial charge in [-0.2, -0.15) is 36.5 Å². The number of alkyl halides is 6. The summed E-state index contributed by atoms with van der Waals surface area (Å²) in [6, 6.07) is 4.26. The molecule has 13 heteroatoms. The Kier molecular flexibility index (Phi) is 5.21. The summed E-state index contributed by atoms with van der Waals surface area (Å²) in [5.41, 5.74) is -1.14. The summed E-state index contributed by atoms with van der Waals surface area (Å²) in [5.74, 6) is -0.697. The van der Waals surface area contributed by atoms with E-state index in [4.69, 9.17) is 0 Å². The zero-order valence-corrected chi connectivity index (χ0v) is 16.5. The van der Waals surface area contributed by atoms with Crippen molar-refractivity contribution in [3.05, 3.63) is 53.2 Å². The molecule has 1 amide bonds. The Morgan fingerprint density at radius 2 is 1.78 bits per heavy atom. The van der Waals surface area contributed by atoms with E-state index in [1.165, 1.54) is 13.1 Å². The summed E-state index contributed by atoms with van der Waals surface area (Å²) in [5, 5.41) is 10.3. The fourth-order valence-corrected chi connectivity index (χ4v) is 3.53. The molecular weight excluding hydrogens is 442 g/mol. The first-order valence-corrected chi connectivity index (χ1v) is 9.44. The van der Waals surface area contributed by atoms with Gasteiger partial charge in [0.1, 0.15) is 11.4 Å². The van der Waals surface area contributed by atoms with Gasteiger partial charge in [-0.05, 0) is 24.6 Å². The van der Waals surface area contributed by atoms with Crippen LogP contribution in [0.15, 0.2) is 30.5 Å². The van der Waals surface area contributed by atoms with Gasteiger partial charge in [-0.25, -0.2) is 0 Å². The van der Waals surface area contributed by atoms with Crippen molar-refractivity contribution >= 4 is 5.91 Å². The fourth-order valence-electron chi connectivity index (χ4n) is 3.53. The van der Waals surface area contributed by atoms with Crippen LogP contribution >= 0.6 is 0 Å². The first kappa shape index (κ1) is 21.8. The smallest absolute Gasteiger partial charge is 0.348 e. The van der Waals surface area contributed by atoms with Gasteiger partial charge < -0.3 is 5.32 Å². The van der Waals surface area contributed by atoms with Crippen molar-refractivity contribution in [2.75, 3.05) is 0 Å². The molecule has 0 spiro atoms. The summed E-state index contributed by atoms with van der Waals surface area (Å²) >= 11 is 0. The van der Waals surface area contributed by atoms with Gasteiger partial charge in [0.25, 0.3) is 5.91 Å². The molecule has 0 radical (unpaired) electrons. The number of nitrogens with one attached hydrogen (secondary N) is 1. The van der Waals surface area contributed by atoms with E-state index in [0.29, 0.717) is 36.8 Å². The number of nitrogens with zero attached hydrogens (tertiary/aromatic N) is 5. The number of carbonyl (C=O) groups excluding carboxylic acids is 1. The van der Waals surface area contributed by atoms with E-state index in [1.54, 1.807) is 10.7 Å². The van der Waals surface area contributed by atoms with Crippen LogP contribution in [0.5, 0.6) is 0 Å². The van der Waals surface area contributed by atoms with Crippen LogP contribution in [0.25, 0.3) is 11.3 Å². The lowest BCUT2D eigenvalue weighted by Crippen LogP contribution is -2.40. The van der Waals surface area contributed by atoms with E-state index in [9.17, 15) is 31.1 Å². The van der Waals surface area contributed by atoms with E-state index in [0.717, 1.165) is 16.9 Å². The summed E-state index contributed by atoms with van der Waals surface area (Å²) in [7, 11) is 1.25. The molecule has 3 aromatic heterocycles. The lowest BCUT2D eigenvalue weighted by Gasteiger charge is -2.24. The van der Waals surface area contributed by atoms with Gasteiger partial charge in [-0.3, -0.25) is 19.1 Å². The molecule has 1 aliphatic heterocycles. The molecule has 7 nitrogen and oxygen atoms in total. The highest BCUT2D eigenvalue weighted by atomic mass is 19.4. The number of halogens is 6. The second-order valence-corrected chi connectivity index (χ2v) is 7.37. The predicted molar refractivity (Wildman–Crippen MR) is 98.2 cm³/mol. The topological polar surface area (TPSA) is 77.6 Å². The zero-order chi connectivity index (χ0) is 23.3. The molecular formula is C19H16F6N6O. The number of aryl methyl sites for hydroxylation is 2. The van der Waals surface area contributed by atoms with Gasteiger partial charge in [-0.1, -0.05) is 0 Å². The first-order chi connectivity index (χ1) is 14.9. The van der Waals surface area contributed by atoms with Crippen molar-refractivity contribution in [1.29, 1.82) is 0 Å². The third-order valence-electron chi connectivity index (χ3n) is 5.09. The van der Waals surface area contributed by atoms with Crippen LogP contribution in [-0.2, 0) is 32.4 Å². The van der Waals surface area contributed by atoms with E-state index >= 15 is 0 Å². The van der Waals surface area contributed by atoms with Crippen molar-refractivity contribution in [2.45, 2.75) is 37.8 Å². The van der Waals surface area contributed by atoms with Gasteiger partial charge >= 0.3 is 12.4 Å². The van der Waals surface area contributed by atoms with Crippen LogP contribution in [0.1, 0.15) is 34.0 Å². The molecule has 0 unspecified atom stereocenters. The molecule has 1 aliphatic rings. The minimum absolute atomic E-state index is 0.228. The van der Waals surface area contributed by atoms with E-state index in [2.05, 4.69) is 20.5 Å². The Morgan fingerprint density at radius 3 is 2.44 bits per heavy atom. The molecule has 32 heavy (non-hydrogen) atoms. The maximum absolute atomic E-state index is 12.9. The zero-order valence-electron chi connectivity index (χ0n) is 16.5. The monoisotopic (exact) mass is 458 g/mol. The van der Waals surface area contributed by atoms with Crippen LogP contribution in [0.3, 0.4) is 0 Å². The van der Waals surface area contributed by atoms with Gasteiger partial charge in [0.05, 0.1) is 5.69 Å². The Labute approximate surface area is 177 Å².